The molecule has 3 heterocycles. The molecular formula is C19H26F2N2O5S. The SMILES string of the molecule is O=S(=O)(c1ccc(OC(F)F)cc1)N1CCO[C@@]2(CCN([C@@H]3CCCOC3)C2)C1. The van der Waals surface area contributed by atoms with Gasteiger partial charge in [0, 0.05) is 38.8 Å². The van der Waals surface area contributed by atoms with E-state index in [1.165, 1.54) is 28.6 Å². The molecule has 10 heteroatoms. The molecule has 0 N–H and O–H groups in total. The number of morpholine rings is 1. The predicted molar refractivity (Wildman–Crippen MR) is 101 cm³/mol. The first-order valence-corrected chi connectivity index (χ1v) is 11.3. The van der Waals surface area contributed by atoms with E-state index in [2.05, 4.69) is 9.64 Å². The number of rotatable bonds is 5. The number of halogens is 2. The predicted octanol–water partition coefficient (Wildman–Crippen LogP) is 1.93. The zero-order chi connectivity index (χ0) is 20.5. The van der Waals surface area contributed by atoms with E-state index in [4.69, 9.17) is 9.47 Å². The average Bonchev–Trinajstić information content (AvgIpc) is 3.12. The van der Waals surface area contributed by atoms with Crippen LogP contribution in [0.25, 0.3) is 0 Å². The van der Waals surface area contributed by atoms with Crippen molar-refractivity contribution in [3.05, 3.63) is 24.3 Å². The fraction of sp³-hybridized carbons (Fsp3) is 0.684. The van der Waals surface area contributed by atoms with Gasteiger partial charge in [-0.2, -0.15) is 13.1 Å². The fourth-order valence-electron chi connectivity index (χ4n) is 4.40. The van der Waals surface area contributed by atoms with Crippen LogP contribution in [0.1, 0.15) is 19.3 Å². The third-order valence-corrected chi connectivity index (χ3v) is 7.76. The largest absolute Gasteiger partial charge is 0.435 e. The molecule has 3 aliphatic heterocycles. The molecule has 3 fully saturated rings. The summed E-state index contributed by atoms with van der Waals surface area (Å²) in [4.78, 5) is 2.41. The molecule has 1 aromatic rings. The molecule has 0 saturated carbocycles. The van der Waals surface area contributed by atoms with Crippen molar-refractivity contribution in [3.63, 3.8) is 0 Å². The molecule has 0 radical (unpaired) electrons. The van der Waals surface area contributed by atoms with Crippen molar-refractivity contribution in [2.75, 3.05) is 46.0 Å². The highest BCUT2D eigenvalue weighted by Gasteiger charge is 2.47. The van der Waals surface area contributed by atoms with Crippen LogP contribution in [0.2, 0.25) is 0 Å². The van der Waals surface area contributed by atoms with Gasteiger partial charge >= 0.3 is 6.61 Å². The molecule has 1 spiro atoms. The van der Waals surface area contributed by atoms with Crippen LogP contribution < -0.4 is 4.74 Å². The summed E-state index contributed by atoms with van der Waals surface area (Å²) in [5, 5.41) is 0. The lowest BCUT2D eigenvalue weighted by Crippen LogP contribution is -2.55. The van der Waals surface area contributed by atoms with Crippen LogP contribution in [0.4, 0.5) is 8.78 Å². The van der Waals surface area contributed by atoms with Gasteiger partial charge in [-0.1, -0.05) is 0 Å². The molecule has 3 saturated heterocycles. The van der Waals surface area contributed by atoms with Gasteiger partial charge in [0.05, 0.1) is 23.7 Å². The Morgan fingerprint density at radius 3 is 2.62 bits per heavy atom. The van der Waals surface area contributed by atoms with Gasteiger partial charge in [0.15, 0.2) is 0 Å². The van der Waals surface area contributed by atoms with Crippen LogP contribution in [0.3, 0.4) is 0 Å². The first-order valence-electron chi connectivity index (χ1n) is 9.89. The van der Waals surface area contributed by atoms with E-state index in [0.29, 0.717) is 25.8 Å². The summed E-state index contributed by atoms with van der Waals surface area (Å²) in [6.07, 6.45) is 2.91. The summed E-state index contributed by atoms with van der Waals surface area (Å²) in [5.74, 6) is -0.0708. The number of hydrogen-bond donors (Lipinski definition) is 0. The van der Waals surface area contributed by atoms with Gasteiger partial charge in [-0.25, -0.2) is 8.42 Å². The highest BCUT2D eigenvalue weighted by atomic mass is 32.2. The van der Waals surface area contributed by atoms with E-state index in [0.717, 1.165) is 32.4 Å². The highest BCUT2D eigenvalue weighted by molar-refractivity contribution is 7.89. The van der Waals surface area contributed by atoms with Gasteiger partial charge < -0.3 is 14.2 Å². The second-order valence-corrected chi connectivity index (χ2v) is 9.75. The van der Waals surface area contributed by atoms with Crippen molar-refractivity contribution in [1.82, 2.24) is 9.21 Å². The minimum Gasteiger partial charge on any atom is -0.435 e. The minimum atomic E-state index is -3.75. The molecule has 162 valence electrons. The fourth-order valence-corrected chi connectivity index (χ4v) is 5.90. The topological polar surface area (TPSA) is 68.3 Å². The Balaban J connectivity index is 1.45. The maximum absolute atomic E-state index is 13.1. The van der Waals surface area contributed by atoms with Crippen LogP contribution in [0.5, 0.6) is 5.75 Å². The van der Waals surface area contributed by atoms with Gasteiger partial charge in [0.2, 0.25) is 10.0 Å². The number of hydrogen-bond acceptors (Lipinski definition) is 6. The zero-order valence-electron chi connectivity index (χ0n) is 16.1. The lowest BCUT2D eigenvalue weighted by atomic mass is 10.0. The van der Waals surface area contributed by atoms with E-state index in [1.807, 2.05) is 0 Å². The summed E-state index contributed by atoms with van der Waals surface area (Å²) in [7, 11) is -3.75. The minimum absolute atomic E-state index is 0.0618. The van der Waals surface area contributed by atoms with Gasteiger partial charge in [0.1, 0.15) is 5.75 Å². The average molecular weight is 432 g/mol. The second-order valence-electron chi connectivity index (χ2n) is 7.81. The second kappa shape index (κ2) is 8.43. The van der Waals surface area contributed by atoms with Crippen molar-refractivity contribution in [2.45, 2.75) is 42.4 Å². The monoisotopic (exact) mass is 432 g/mol. The molecule has 0 bridgehead atoms. The van der Waals surface area contributed by atoms with E-state index in [9.17, 15) is 17.2 Å². The molecule has 4 rings (SSSR count). The summed E-state index contributed by atoms with van der Waals surface area (Å²) in [6.45, 7) is 1.01. The van der Waals surface area contributed by atoms with Crippen LogP contribution >= 0.6 is 0 Å². The third-order valence-electron chi connectivity index (χ3n) is 5.90. The van der Waals surface area contributed by atoms with E-state index in [-0.39, 0.29) is 23.7 Å². The Kier molecular flexibility index (Phi) is 6.08. The number of nitrogens with zero attached hydrogens (tertiary/aromatic N) is 2. The Morgan fingerprint density at radius 2 is 1.93 bits per heavy atom. The molecule has 0 aromatic heterocycles. The van der Waals surface area contributed by atoms with Crippen molar-refractivity contribution in [1.29, 1.82) is 0 Å². The number of likely N-dealkylation sites (tertiary alicyclic amines) is 1. The van der Waals surface area contributed by atoms with E-state index >= 15 is 0 Å². The number of sulfonamides is 1. The van der Waals surface area contributed by atoms with Crippen molar-refractivity contribution in [2.24, 2.45) is 0 Å². The van der Waals surface area contributed by atoms with Gasteiger partial charge in [-0.3, -0.25) is 4.90 Å². The van der Waals surface area contributed by atoms with Crippen molar-refractivity contribution < 1.29 is 31.4 Å². The summed E-state index contributed by atoms with van der Waals surface area (Å²) in [6, 6.07) is 5.46. The molecule has 2 atom stereocenters. The quantitative estimate of drug-likeness (QED) is 0.708. The summed E-state index contributed by atoms with van der Waals surface area (Å²) < 4.78 is 68.2. The Labute approximate surface area is 169 Å². The van der Waals surface area contributed by atoms with Crippen LogP contribution in [-0.2, 0) is 19.5 Å². The number of alkyl halides is 2. The number of benzene rings is 1. The van der Waals surface area contributed by atoms with Crippen molar-refractivity contribution >= 4 is 10.0 Å². The number of ether oxygens (including phenoxy) is 3. The smallest absolute Gasteiger partial charge is 0.387 e. The first-order chi connectivity index (χ1) is 13.9. The molecule has 0 aliphatic carbocycles. The summed E-state index contributed by atoms with van der Waals surface area (Å²) >= 11 is 0. The zero-order valence-corrected chi connectivity index (χ0v) is 17.0. The Bertz CT molecular complexity index is 801. The maximum Gasteiger partial charge on any atom is 0.387 e. The molecule has 0 unspecified atom stereocenters. The summed E-state index contributed by atoms with van der Waals surface area (Å²) in [5.41, 5.74) is -0.512. The van der Waals surface area contributed by atoms with Crippen LogP contribution in [0.15, 0.2) is 29.2 Å². The van der Waals surface area contributed by atoms with E-state index < -0.39 is 22.2 Å². The molecule has 7 nitrogen and oxygen atoms in total. The van der Waals surface area contributed by atoms with Gasteiger partial charge in [0.25, 0.3) is 0 Å². The highest BCUT2D eigenvalue weighted by Crippen LogP contribution is 2.34. The third kappa shape index (κ3) is 4.56. The Morgan fingerprint density at radius 1 is 1.14 bits per heavy atom. The maximum atomic E-state index is 13.1. The lowest BCUT2D eigenvalue weighted by molar-refractivity contribution is -0.0856. The lowest BCUT2D eigenvalue weighted by Gasteiger charge is -2.40. The standard InChI is InChI=1S/C19H26F2N2O5S/c20-18(21)28-16-3-5-17(6-4-16)29(24,25)23-9-11-27-19(14-23)7-8-22(13-19)15-2-1-10-26-12-15/h3-6,15,18H,1-2,7-14H2/t15-,19-/m1/s1. The van der Waals surface area contributed by atoms with Gasteiger partial charge in [-0.15, -0.1) is 0 Å². The van der Waals surface area contributed by atoms with Crippen molar-refractivity contribution in [3.8, 4) is 5.75 Å². The normalized spacial score (nSPS) is 29.6. The van der Waals surface area contributed by atoms with E-state index in [1.54, 1.807) is 0 Å². The van der Waals surface area contributed by atoms with Gasteiger partial charge in [-0.05, 0) is 43.5 Å². The molecule has 1 aromatic carbocycles. The first kappa shape index (κ1) is 20.9. The molecule has 29 heavy (non-hydrogen) atoms. The molecular weight excluding hydrogens is 406 g/mol. The van der Waals surface area contributed by atoms with Crippen LogP contribution in [0, 0.1) is 0 Å². The van der Waals surface area contributed by atoms with Crippen LogP contribution in [-0.4, -0.2) is 81.9 Å². The molecule has 0 amide bonds. The molecule has 3 aliphatic rings. The Hall–Kier alpha value is -1.33.